The summed E-state index contributed by atoms with van der Waals surface area (Å²) in [5, 5.41) is 10.4. The number of nitrogens with zero attached hydrogens (tertiary/aromatic N) is 2. The molecule has 6 nitrogen and oxygen atoms in total. The molecule has 1 aliphatic rings. The Bertz CT molecular complexity index is 958. The normalized spacial score (nSPS) is 18.3. The van der Waals surface area contributed by atoms with Gasteiger partial charge in [-0.25, -0.2) is 4.79 Å². The molecule has 2 heterocycles. The number of ether oxygens (including phenoxy) is 2. The van der Waals surface area contributed by atoms with Crippen LogP contribution in [0.15, 0.2) is 48.8 Å². The number of aliphatic hydroxyl groups excluding tert-OH is 1. The van der Waals surface area contributed by atoms with Crippen LogP contribution in [0.3, 0.4) is 0 Å². The fraction of sp³-hybridized carbons (Fsp3) is 0.636. The SMILES string of the molecule is CCCCCCCCc1ccc([C@H]2CCN(C(=O)OC(C)(C)C)[C@@H]2COCCCC(O)c2cccnc2)cc1. The van der Waals surface area contributed by atoms with E-state index in [0.717, 1.165) is 24.8 Å². The van der Waals surface area contributed by atoms with Crippen molar-refractivity contribution in [2.75, 3.05) is 19.8 Å². The first-order valence-corrected chi connectivity index (χ1v) is 15.0. The summed E-state index contributed by atoms with van der Waals surface area (Å²) in [6, 6.07) is 12.7. The highest BCUT2D eigenvalue weighted by Crippen LogP contribution is 2.35. The molecule has 1 aromatic carbocycles. The number of aryl methyl sites for hydroxylation is 1. The summed E-state index contributed by atoms with van der Waals surface area (Å²) >= 11 is 0. The Morgan fingerprint density at radius 2 is 1.82 bits per heavy atom. The van der Waals surface area contributed by atoms with Crippen LogP contribution >= 0.6 is 0 Å². The number of hydrogen-bond donors (Lipinski definition) is 1. The van der Waals surface area contributed by atoms with E-state index in [9.17, 15) is 9.90 Å². The Morgan fingerprint density at radius 3 is 2.51 bits per heavy atom. The number of hydrogen-bond acceptors (Lipinski definition) is 5. The lowest BCUT2D eigenvalue weighted by molar-refractivity contribution is 0.00804. The molecule has 1 aromatic heterocycles. The first-order chi connectivity index (χ1) is 18.8. The number of benzene rings is 1. The lowest BCUT2D eigenvalue weighted by atomic mass is 9.91. The molecule has 1 amide bonds. The van der Waals surface area contributed by atoms with E-state index in [0.29, 0.717) is 26.2 Å². The maximum absolute atomic E-state index is 13.1. The highest BCUT2D eigenvalue weighted by Gasteiger charge is 2.40. The zero-order valence-electron chi connectivity index (χ0n) is 24.6. The van der Waals surface area contributed by atoms with E-state index in [2.05, 4.69) is 36.2 Å². The number of rotatable bonds is 15. The van der Waals surface area contributed by atoms with Gasteiger partial charge >= 0.3 is 6.09 Å². The average Bonchev–Trinajstić information content (AvgIpc) is 3.34. The largest absolute Gasteiger partial charge is 0.444 e. The zero-order valence-corrected chi connectivity index (χ0v) is 24.6. The van der Waals surface area contributed by atoms with Gasteiger partial charge in [0.2, 0.25) is 0 Å². The second kappa shape index (κ2) is 16.0. The van der Waals surface area contributed by atoms with Gasteiger partial charge in [0.05, 0.1) is 18.8 Å². The maximum atomic E-state index is 13.1. The fourth-order valence-corrected chi connectivity index (χ4v) is 5.36. The Morgan fingerprint density at radius 1 is 1.08 bits per heavy atom. The highest BCUT2D eigenvalue weighted by atomic mass is 16.6. The number of amides is 1. The smallest absolute Gasteiger partial charge is 0.410 e. The Balaban J connectivity index is 1.55. The second-order valence-electron chi connectivity index (χ2n) is 11.9. The standard InChI is InChI=1S/C33H50N2O4/c1-5-6-7-8-9-10-13-26-16-18-27(19-17-26)29-20-22-35(32(37)39-33(2,3)4)30(29)25-38-23-12-15-31(36)28-14-11-21-34-24-28/h11,14,16-19,21,24,29-31,36H,5-10,12-13,15,20,22-23,25H2,1-4H3/t29-,30-,31?/m1/s1. The van der Waals surface area contributed by atoms with Gasteiger partial charge in [-0.3, -0.25) is 4.98 Å². The number of carbonyl (C=O) groups excluding carboxylic acids is 1. The molecule has 1 saturated heterocycles. The van der Waals surface area contributed by atoms with Gasteiger partial charge in [0, 0.05) is 31.5 Å². The zero-order chi connectivity index (χ0) is 28.1. The van der Waals surface area contributed by atoms with Crippen LogP contribution in [0.4, 0.5) is 4.79 Å². The van der Waals surface area contributed by atoms with E-state index in [1.165, 1.54) is 49.7 Å². The number of aliphatic hydroxyl groups is 1. The summed E-state index contributed by atoms with van der Waals surface area (Å²) in [5.74, 6) is 0.210. The molecule has 0 saturated carbocycles. The molecule has 3 atom stereocenters. The first kappa shape index (κ1) is 31.1. The van der Waals surface area contributed by atoms with E-state index >= 15 is 0 Å². The monoisotopic (exact) mass is 538 g/mol. The van der Waals surface area contributed by atoms with Gasteiger partial charge in [-0.2, -0.15) is 0 Å². The third kappa shape index (κ3) is 10.6. The molecule has 1 fully saturated rings. The minimum Gasteiger partial charge on any atom is -0.444 e. The molecular weight excluding hydrogens is 488 g/mol. The van der Waals surface area contributed by atoms with E-state index in [4.69, 9.17) is 9.47 Å². The third-order valence-electron chi connectivity index (χ3n) is 7.52. The van der Waals surface area contributed by atoms with E-state index in [1.54, 1.807) is 12.4 Å². The van der Waals surface area contributed by atoms with Gasteiger partial charge in [-0.15, -0.1) is 0 Å². The van der Waals surface area contributed by atoms with Crippen molar-refractivity contribution in [3.8, 4) is 0 Å². The highest BCUT2D eigenvalue weighted by molar-refractivity contribution is 5.69. The molecule has 3 rings (SSSR count). The van der Waals surface area contributed by atoms with Crippen molar-refractivity contribution in [3.63, 3.8) is 0 Å². The van der Waals surface area contributed by atoms with Crippen molar-refractivity contribution >= 4 is 6.09 Å². The van der Waals surface area contributed by atoms with Gasteiger partial charge in [0.25, 0.3) is 0 Å². The summed E-state index contributed by atoms with van der Waals surface area (Å²) in [5.41, 5.74) is 2.93. The molecule has 1 aliphatic heterocycles. The van der Waals surface area contributed by atoms with Gasteiger partial charge in [-0.1, -0.05) is 69.4 Å². The molecule has 39 heavy (non-hydrogen) atoms. The third-order valence-corrected chi connectivity index (χ3v) is 7.52. The molecular formula is C33H50N2O4. The van der Waals surface area contributed by atoms with Crippen LogP contribution in [0.5, 0.6) is 0 Å². The molecule has 6 heteroatoms. The second-order valence-corrected chi connectivity index (χ2v) is 11.9. The molecule has 1 N–H and O–H groups in total. The summed E-state index contributed by atoms with van der Waals surface area (Å²) in [4.78, 5) is 19.0. The van der Waals surface area contributed by atoms with Gasteiger partial charge < -0.3 is 19.5 Å². The van der Waals surface area contributed by atoms with E-state index < -0.39 is 11.7 Å². The van der Waals surface area contributed by atoms with Crippen LogP contribution in [0.1, 0.15) is 114 Å². The molecule has 216 valence electrons. The fourth-order valence-electron chi connectivity index (χ4n) is 5.36. The van der Waals surface area contributed by atoms with Crippen LogP contribution in [-0.2, 0) is 15.9 Å². The molecule has 2 aromatic rings. The van der Waals surface area contributed by atoms with Crippen molar-refractivity contribution in [3.05, 3.63) is 65.5 Å². The number of likely N-dealkylation sites (tertiary alicyclic amines) is 1. The summed E-state index contributed by atoms with van der Waals surface area (Å²) < 4.78 is 11.8. The number of aromatic nitrogens is 1. The predicted molar refractivity (Wildman–Crippen MR) is 157 cm³/mol. The van der Waals surface area contributed by atoms with Gasteiger partial charge in [-0.05, 0) is 75.6 Å². The Hall–Kier alpha value is -2.44. The Labute approximate surface area is 236 Å². The van der Waals surface area contributed by atoms with Crippen LogP contribution in [0, 0.1) is 0 Å². The van der Waals surface area contributed by atoms with Crippen molar-refractivity contribution in [1.82, 2.24) is 9.88 Å². The Kier molecular flexibility index (Phi) is 12.7. The number of unbranched alkanes of at least 4 members (excludes halogenated alkanes) is 5. The average molecular weight is 539 g/mol. The topological polar surface area (TPSA) is 71.9 Å². The van der Waals surface area contributed by atoms with E-state index in [1.807, 2.05) is 37.8 Å². The van der Waals surface area contributed by atoms with Crippen molar-refractivity contribution in [2.24, 2.45) is 0 Å². The van der Waals surface area contributed by atoms with Crippen molar-refractivity contribution < 1.29 is 19.4 Å². The van der Waals surface area contributed by atoms with Crippen molar-refractivity contribution in [1.29, 1.82) is 0 Å². The van der Waals surface area contributed by atoms with Crippen LogP contribution in [-0.4, -0.2) is 52.5 Å². The van der Waals surface area contributed by atoms with Crippen LogP contribution < -0.4 is 0 Å². The minimum absolute atomic E-state index is 0.0764. The molecule has 0 spiro atoms. The van der Waals surface area contributed by atoms with Crippen molar-refractivity contribution in [2.45, 2.75) is 116 Å². The maximum Gasteiger partial charge on any atom is 0.410 e. The van der Waals surface area contributed by atoms with E-state index in [-0.39, 0.29) is 18.1 Å². The first-order valence-electron chi connectivity index (χ1n) is 15.0. The quantitative estimate of drug-likeness (QED) is 0.236. The van der Waals surface area contributed by atoms with Gasteiger partial charge in [0.1, 0.15) is 5.60 Å². The molecule has 0 radical (unpaired) electrons. The number of carbonyl (C=O) groups is 1. The predicted octanol–water partition coefficient (Wildman–Crippen LogP) is 7.61. The van der Waals surface area contributed by atoms with Crippen LogP contribution in [0.2, 0.25) is 0 Å². The molecule has 1 unspecified atom stereocenters. The lowest BCUT2D eigenvalue weighted by Crippen LogP contribution is -2.43. The lowest BCUT2D eigenvalue weighted by Gasteiger charge is -2.31. The molecule has 0 bridgehead atoms. The summed E-state index contributed by atoms with van der Waals surface area (Å²) in [6.45, 7) is 9.60. The minimum atomic E-state index is -0.547. The number of pyridine rings is 1. The van der Waals surface area contributed by atoms with Gasteiger partial charge in [0.15, 0.2) is 0 Å². The molecule has 0 aliphatic carbocycles. The summed E-state index contributed by atoms with van der Waals surface area (Å²) in [6.07, 6.45) is 13.8. The summed E-state index contributed by atoms with van der Waals surface area (Å²) in [7, 11) is 0. The van der Waals surface area contributed by atoms with Crippen LogP contribution in [0.25, 0.3) is 0 Å².